The molecule has 3 aromatic rings. The number of amides is 2. The lowest BCUT2D eigenvalue weighted by Crippen LogP contribution is -2.50. The second-order valence-corrected chi connectivity index (χ2v) is 10.9. The highest BCUT2D eigenvalue weighted by Gasteiger charge is 2.33. The summed E-state index contributed by atoms with van der Waals surface area (Å²) in [6, 6.07) is 16.1. The third kappa shape index (κ3) is 8.20. The van der Waals surface area contributed by atoms with Crippen LogP contribution in [0.3, 0.4) is 0 Å². The van der Waals surface area contributed by atoms with Gasteiger partial charge in [-0.1, -0.05) is 49.3 Å². The van der Waals surface area contributed by atoms with Gasteiger partial charge in [-0.15, -0.1) is 0 Å². The van der Waals surface area contributed by atoms with Crippen LogP contribution in [0.15, 0.2) is 59.8 Å². The average molecular weight is 540 g/mol. The number of hydrogen-bond acceptors (Lipinski definition) is 6. The molecule has 0 saturated heterocycles. The lowest BCUT2D eigenvalue weighted by molar-refractivity contribution is -0.138. The molecule has 2 aromatic carbocycles. The van der Waals surface area contributed by atoms with Crippen molar-refractivity contribution in [1.82, 2.24) is 14.9 Å². The van der Waals surface area contributed by atoms with E-state index in [1.807, 2.05) is 89.2 Å². The summed E-state index contributed by atoms with van der Waals surface area (Å²) >= 11 is 7.35. The molecule has 196 valence electrons. The zero-order valence-corrected chi connectivity index (χ0v) is 23.7. The molecular formula is C28H34ClN5O2S. The van der Waals surface area contributed by atoms with E-state index in [9.17, 15) is 9.59 Å². The minimum absolute atomic E-state index is 0.116. The van der Waals surface area contributed by atoms with Gasteiger partial charge in [0.2, 0.25) is 11.8 Å². The largest absolute Gasteiger partial charge is 0.378 e. The SMILES string of the molecule is Cc1cc(C)nc(SCC(=O)N(Cc2ccc(Cl)cc2)[C@@H](C(=O)Nc2ccc(N(C)C)cc2)C(C)C)n1. The topological polar surface area (TPSA) is 78.4 Å². The first-order valence-electron chi connectivity index (χ1n) is 12.1. The van der Waals surface area contributed by atoms with Crippen molar-refractivity contribution in [3.05, 3.63) is 76.6 Å². The molecule has 0 unspecified atom stereocenters. The van der Waals surface area contributed by atoms with Crippen LogP contribution in [-0.4, -0.2) is 52.6 Å². The molecule has 1 N–H and O–H groups in total. The monoisotopic (exact) mass is 539 g/mol. The summed E-state index contributed by atoms with van der Waals surface area (Å²) in [7, 11) is 3.92. The summed E-state index contributed by atoms with van der Waals surface area (Å²) in [5.74, 6) is -0.410. The molecule has 1 aromatic heterocycles. The van der Waals surface area contributed by atoms with Gasteiger partial charge < -0.3 is 15.1 Å². The van der Waals surface area contributed by atoms with Crippen LogP contribution in [-0.2, 0) is 16.1 Å². The highest BCUT2D eigenvalue weighted by molar-refractivity contribution is 7.99. The number of rotatable bonds is 10. The van der Waals surface area contributed by atoms with Crippen molar-refractivity contribution >= 4 is 46.6 Å². The van der Waals surface area contributed by atoms with E-state index >= 15 is 0 Å². The van der Waals surface area contributed by atoms with Crippen LogP contribution < -0.4 is 10.2 Å². The molecule has 1 heterocycles. The third-order valence-corrected chi connectivity index (χ3v) is 6.84. The Kier molecular flexibility index (Phi) is 9.94. The number of carbonyl (C=O) groups is 2. The van der Waals surface area contributed by atoms with Crippen LogP contribution >= 0.6 is 23.4 Å². The smallest absolute Gasteiger partial charge is 0.247 e. The fraction of sp³-hybridized carbons (Fsp3) is 0.357. The summed E-state index contributed by atoms with van der Waals surface area (Å²) in [5, 5.41) is 4.16. The molecule has 0 aliphatic heterocycles. The van der Waals surface area contributed by atoms with E-state index in [1.54, 1.807) is 17.0 Å². The van der Waals surface area contributed by atoms with Crippen molar-refractivity contribution < 1.29 is 9.59 Å². The molecule has 1 atom stereocenters. The van der Waals surface area contributed by atoms with Crippen LogP contribution in [0.25, 0.3) is 0 Å². The first kappa shape index (κ1) is 28.5. The Hall–Kier alpha value is -3.10. The van der Waals surface area contributed by atoms with Gasteiger partial charge in [-0.3, -0.25) is 9.59 Å². The zero-order chi connectivity index (χ0) is 27.1. The first-order valence-corrected chi connectivity index (χ1v) is 13.5. The highest BCUT2D eigenvalue weighted by Crippen LogP contribution is 2.23. The molecule has 7 nitrogen and oxygen atoms in total. The fourth-order valence-corrected chi connectivity index (χ4v) is 4.92. The van der Waals surface area contributed by atoms with Gasteiger partial charge >= 0.3 is 0 Å². The highest BCUT2D eigenvalue weighted by atomic mass is 35.5. The van der Waals surface area contributed by atoms with E-state index in [0.717, 1.165) is 22.6 Å². The minimum Gasteiger partial charge on any atom is -0.378 e. The van der Waals surface area contributed by atoms with Gasteiger partial charge in [-0.05, 0) is 67.8 Å². The lowest BCUT2D eigenvalue weighted by atomic mass is 10.00. The number of hydrogen-bond donors (Lipinski definition) is 1. The predicted octanol–water partition coefficient (Wildman–Crippen LogP) is 5.60. The van der Waals surface area contributed by atoms with Crippen molar-refractivity contribution in [3.63, 3.8) is 0 Å². The number of benzene rings is 2. The number of halogens is 1. The number of anilines is 2. The molecule has 9 heteroatoms. The third-order valence-electron chi connectivity index (χ3n) is 5.76. The molecule has 37 heavy (non-hydrogen) atoms. The second-order valence-electron chi connectivity index (χ2n) is 9.49. The van der Waals surface area contributed by atoms with Gasteiger partial charge in [0, 0.05) is 48.4 Å². The number of nitrogens with zero attached hydrogens (tertiary/aromatic N) is 4. The molecule has 0 aliphatic rings. The molecule has 3 rings (SSSR count). The quantitative estimate of drug-likeness (QED) is 0.267. The maximum atomic E-state index is 13.6. The Labute approximate surface area is 228 Å². The van der Waals surface area contributed by atoms with Crippen LogP contribution in [0.5, 0.6) is 0 Å². The number of aromatic nitrogens is 2. The van der Waals surface area contributed by atoms with E-state index in [-0.39, 0.29) is 30.0 Å². The maximum Gasteiger partial charge on any atom is 0.247 e. The Morgan fingerprint density at radius 2 is 1.57 bits per heavy atom. The van der Waals surface area contributed by atoms with Crippen molar-refractivity contribution in [1.29, 1.82) is 0 Å². The van der Waals surface area contributed by atoms with E-state index in [1.165, 1.54) is 11.8 Å². The second kappa shape index (κ2) is 12.9. The van der Waals surface area contributed by atoms with E-state index in [0.29, 0.717) is 15.9 Å². The molecular weight excluding hydrogens is 506 g/mol. The molecule has 0 saturated carbocycles. The van der Waals surface area contributed by atoms with E-state index < -0.39 is 6.04 Å². The first-order chi connectivity index (χ1) is 17.5. The molecule has 0 fully saturated rings. The van der Waals surface area contributed by atoms with Gasteiger partial charge in [0.05, 0.1) is 5.75 Å². The van der Waals surface area contributed by atoms with Crippen LogP contribution in [0, 0.1) is 19.8 Å². The Balaban J connectivity index is 1.85. The van der Waals surface area contributed by atoms with Gasteiger partial charge in [0.1, 0.15) is 6.04 Å². The fourth-order valence-electron chi connectivity index (χ4n) is 3.96. The summed E-state index contributed by atoms with van der Waals surface area (Å²) in [5.41, 5.74) is 4.29. The predicted molar refractivity (Wildman–Crippen MR) is 152 cm³/mol. The summed E-state index contributed by atoms with van der Waals surface area (Å²) in [6.45, 7) is 7.97. The van der Waals surface area contributed by atoms with Crippen LogP contribution in [0.2, 0.25) is 5.02 Å². The summed E-state index contributed by atoms with van der Waals surface area (Å²) in [4.78, 5) is 39.7. The molecule has 0 spiro atoms. The molecule has 0 bridgehead atoms. The van der Waals surface area contributed by atoms with Gasteiger partial charge in [0.25, 0.3) is 0 Å². The summed E-state index contributed by atoms with van der Waals surface area (Å²) < 4.78 is 0. The van der Waals surface area contributed by atoms with Crippen molar-refractivity contribution in [2.75, 3.05) is 30.1 Å². The average Bonchev–Trinajstić information content (AvgIpc) is 2.83. The summed E-state index contributed by atoms with van der Waals surface area (Å²) in [6.07, 6.45) is 0. The molecule has 2 amide bonds. The van der Waals surface area contributed by atoms with E-state index in [2.05, 4.69) is 15.3 Å². The van der Waals surface area contributed by atoms with Crippen LogP contribution in [0.1, 0.15) is 30.8 Å². The van der Waals surface area contributed by atoms with Gasteiger partial charge in [-0.25, -0.2) is 9.97 Å². The Morgan fingerprint density at radius 1 is 0.973 bits per heavy atom. The Morgan fingerprint density at radius 3 is 2.11 bits per heavy atom. The molecule has 0 radical (unpaired) electrons. The van der Waals surface area contributed by atoms with Gasteiger partial charge in [-0.2, -0.15) is 0 Å². The zero-order valence-electron chi connectivity index (χ0n) is 22.2. The Bertz CT molecular complexity index is 1200. The minimum atomic E-state index is -0.683. The maximum absolute atomic E-state index is 13.6. The molecule has 0 aliphatic carbocycles. The normalized spacial score (nSPS) is 11.8. The van der Waals surface area contributed by atoms with E-state index in [4.69, 9.17) is 11.6 Å². The van der Waals surface area contributed by atoms with Gasteiger partial charge in [0.15, 0.2) is 5.16 Å². The standard InChI is InChI=1S/C28H34ClN5O2S/c1-18(2)26(27(36)32-23-11-13-24(14-12-23)33(5)6)34(16-21-7-9-22(29)10-8-21)25(35)17-37-28-30-19(3)15-20(4)31-28/h7-15,18,26H,16-17H2,1-6H3,(H,32,36)/t26-/m1/s1. The number of aryl methyl sites for hydroxylation is 2. The lowest BCUT2D eigenvalue weighted by Gasteiger charge is -2.33. The van der Waals surface area contributed by atoms with Crippen molar-refractivity contribution in [2.45, 2.75) is 45.4 Å². The van der Waals surface area contributed by atoms with Crippen LogP contribution in [0.4, 0.5) is 11.4 Å². The number of nitrogens with one attached hydrogen (secondary N) is 1. The number of thioether (sulfide) groups is 1. The van der Waals surface area contributed by atoms with Crippen molar-refractivity contribution in [2.24, 2.45) is 5.92 Å². The number of carbonyl (C=O) groups excluding carboxylic acids is 2. The van der Waals surface area contributed by atoms with Crippen molar-refractivity contribution in [3.8, 4) is 0 Å².